The van der Waals surface area contributed by atoms with E-state index in [1.54, 1.807) is 59.5 Å². The quantitative estimate of drug-likeness (QED) is 0.687. The van der Waals surface area contributed by atoms with E-state index in [9.17, 15) is 18.0 Å². The van der Waals surface area contributed by atoms with Crippen LogP contribution in [0.15, 0.2) is 70.4 Å². The first kappa shape index (κ1) is 19.4. The molecule has 29 heavy (non-hydrogen) atoms. The van der Waals surface area contributed by atoms with Crippen LogP contribution in [0.3, 0.4) is 0 Å². The molecule has 0 unspecified atom stereocenters. The number of carbonyl (C=O) groups is 1. The van der Waals surface area contributed by atoms with E-state index in [0.29, 0.717) is 42.4 Å². The Kier molecular flexibility index (Phi) is 5.21. The summed E-state index contributed by atoms with van der Waals surface area (Å²) in [4.78, 5) is 29.2. The molecular formula is C21H21N3O4S. The molecular weight excluding hydrogens is 390 g/mol. The molecule has 0 bridgehead atoms. The first-order chi connectivity index (χ1) is 13.9. The minimum Gasteiger partial charge on any atom is -0.339 e. The Balaban J connectivity index is 1.45. The number of nitrogens with zero attached hydrogens (tertiary/aromatic N) is 1. The van der Waals surface area contributed by atoms with Gasteiger partial charge in [-0.2, -0.15) is 0 Å². The van der Waals surface area contributed by atoms with Crippen molar-refractivity contribution in [2.75, 3.05) is 13.1 Å². The van der Waals surface area contributed by atoms with Gasteiger partial charge in [-0.05, 0) is 43.2 Å². The number of H-pyrrole nitrogens is 1. The zero-order valence-corrected chi connectivity index (χ0v) is 16.5. The maximum Gasteiger partial charge on any atom is 0.254 e. The van der Waals surface area contributed by atoms with Crippen LogP contribution in [-0.4, -0.2) is 43.3 Å². The summed E-state index contributed by atoms with van der Waals surface area (Å²) in [6, 6.07) is 16.4. The second kappa shape index (κ2) is 7.81. The molecule has 7 nitrogen and oxygen atoms in total. The molecule has 1 aliphatic heterocycles. The summed E-state index contributed by atoms with van der Waals surface area (Å²) >= 11 is 0. The maximum absolute atomic E-state index is 13.0. The van der Waals surface area contributed by atoms with Crippen LogP contribution in [-0.2, 0) is 10.0 Å². The number of likely N-dealkylation sites (tertiary alicyclic amines) is 1. The Morgan fingerprint density at radius 2 is 1.69 bits per heavy atom. The van der Waals surface area contributed by atoms with Crippen LogP contribution < -0.4 is 10.3 Å². The summed E-state index contributed by atoms with van der Waals surface area (Å²) in [5, 5.41) is 0.698. The Hall–Kier alpha value is -2.97. The minimum atomic E-state index is -3.57. The van der Waals surface area contributed by atoms with Crippen molar-refractivity contribution in [1.29, 1.82) is 0 Å². The number of amides is 1. The highest BCUT2D eigenvalue weighted by molar-refractivity contribution is 7.89. The van der Waals surface area contributed by atoms with Gasteiger partial charge in [0.25, 0.3) is 5.91 Å². The van der Waals surface area contributed by atoms with E-state index in [1.807, 2.05) is 0 Å². The van der Waals surface area contributed by atoms with Crippen molar-refractivity contribution in [3.05, 3.63) is 76.6 Å². The summed E-state index contributed by atoms with van der Waals surface area (Å²) in [6.07, 6.45) is 1.08. The molecule has 1 aliphatic rings. The summed E-state index contributed by atoms with van der Waals surface area (Å²) in [5.41, 5.74) is 0.935. The van der Waals surface area contributed by atoms with Gasteiger partial charge in [-0.25, -0.2) is 13.1 Å². The third kappa shape index (κ3) is 4.08. The van der Waals surface area contributed by atoms with Crippen LogP contribution in [0.25, 0.3) is 10.9 Å². The average molecular weight is 411 g/mol. The summed E-state index contributed by atoms with van der Waals surface area (Å²) in [6.45, 7) is 0.918. The van der Waals surface area contributed by atoms with Gasteiger partial charge >= 0.3 is 0 Å². The van der Waals surface area contributed by atoms with E-state index in [2.05, 4.69) is 9.71 Å². The molecule has 2 aromatic carbocycles. The van der Waals surface area contributed by atoms with Crippen molar-refractivity contribution in [2.45, 2.75) is 23.8 Å². The van der Waals surface area contributed by atoms with Gasteiger partial charge in [-0.3, -0.25) is 9.59 Å². The molecule has 1 amide bonds. The van der Waals surface area contributed by atoms with Gasteiger partial charge in [0.2, 0.25) is 15.6 Å². The topological polar surface area (TPSA) is 99.3 Å². The van der Waals surface area contributed by atoms with Crippen molar-refractivity contribution in [3.63, 3.8) is 0 Å². The molecule has 1 fully saturated rings. The molecule has 3 aromatic rings. The van der Waals surface area contributed by atoms with Gasteiger partial charge < -0.3 is 9.88 Å². The number of aromatic amines is 1. The fourth-order valence-corrected chi connectivity index (χ4v) is 4.96. The van der Waals surface area contributed by atoms with Crippen LogP contribution in [0.5, 0.6) is 0 Å². The van der Waals surface area contributed by atoms with Crippen LogP contribution in [0.2, 0.25) is 0 Å². The zero-order chi connectivity index (χ0) is 20.4. The zero-order valence-electron chi connectivity index (χ0n) is 15.7. The lowest BCUT2D eigenvalue weighted by molar-refractivity contribution is 0.0713. The predicted molar refractivity (Wildman–Crippen MR) is 110 cm³/mol. The van der Waals surface area contributed by atoms with Crippen molar-refractivity contribution >= 4 is 26.8 Å². The molecule has 150 valence electrons. The SMILES string of the molecule is O=C(c1cccc2[nH]c(=O)ccc12)N1CCC(NS(=O)(=O)c2ccccc2)CC1. The van der Waals surface area contributed by atoms with Crippen LogP contribution >= 0.6 is 0 Å². The van der Waals surface area contributed by atoms with Gasteiger partial charge in [0.05, 0.1) is 4.90 Å². The van der Waals surface area contributed by atoms with E-state index in [1.165, 1.54) is 6.07 Å². The van der Waals surface area contributed by atoms with E-state index >= 15 is 0 Å². The lowest BCUT2D eigenvalue weighted by Crippen LogP contribution is -2.46. The number of hydrogen-bond donors (Lipinski definition) is 2. The van der Waals surface area contributed by atoms with Gasteiger partial charge in [0, 0.05) is 41.7 Å². The monoisotopic (exact) mass is 411 g/mol. The summed E-state index contributed by atoms with van der Waals surface area (Å²) in [7, 11) is -3.57. The average Bonchev–Trinajstić information content (AvgIpc) is 2.73. The Morgan fingerprint density at radius 3 is 2.41 bits per heavy atom. The Labute approximate surface area is 168 Å². The minimum absolute atomic E-state index is 0.119. The van der Waals surface area contributed by atoms with Crippen molar-refractivity contribution in [1.82, 2.24) is 14.6 Å². The van der Waals surface area contributed by atoms with E-state index in [0.717, 1.165) is 0 Å². The number of benzene rings is 2. The number of carbonyl (C=O) groups excluding carboxylic acids is 1. The lowest BCUT2D eigenvalue weighted by Gasteiger charge is -2.32. The molecule has 4 rings (SSSR count). The lowest BCUT2D eigenvalue weighted by atomic mass is 10.0. The third-order valence-corrected chi connectivity index (χ3v) is 6.69. The fraction of sp³-hybridized carbons (Fsp3) is 0.238. The van der Waals surface area contributed by atoms with Gasteiger partial charge in [0.1, 0.15) is 0 Å². The highest BCUT2D eigenvalue weighted by atomic mass is 32.2. The van der Waals surface area contributed by atoms with E-state index in [-0.39, 0.29) is 22.4 Å². The number of piperidine rings is 1. The molecule has 8 heteroatoms. The highest BCUT2D eigenvalue weighted by Crippen LogP contribution is 2.21. The summed E-state index contributed by atoms with van der Waals surface area (Å²) < 4.78 is 27.7. The maximum atomic E-state index is 13.0. The first-order valence-electron chi connectivity index (χ1n) is 9.43. The molecule has 1 saturated heterocycles. The highest BCUT2D eigenvalue weighted by Gasteiger charge is 2.27. The smallest absolute Gasteiger partial charge is 0.254 e. The number of nitrogens with one attached hydrogen (secondary N) is 2. The number of hydrogen-bond acceptors (Lipinski definition) is 4. The largest absolute Gasteiger partial charge is 0.339 e. The molecule has 1 aromatic heterocycles. The Morgan fingerprint density at radius 1 is 0.966 bits per heavy atom. The summed E-state index contributed by atoms with van der Waals surface area (Å²) in [5.74, 6) is -0.119. The number of aromatic nitrogens is 1. The number of sulfonamides is 1. The molecule has 0 atom stereocenters. The number of fused-ring (bicyclic) bond motifs is 1. The van der Waals surface area contributed by atoms with Gasteiger partial charge in [-0.1, -0.05) is 24.3 Å². The standard InChI is InChI=1S/C21H21N3O4S/c25-20-10-9-17-18(7-4-8-19(17)22-20)21(26)24-13-11-15(12-14-24)23-29(27,28)16-5-2-1-3-6-16/h1-10,15,23H,11-14H2,(H,22,25). The second-order valence-corrected chi connectivity index (χ2v) is 8.80. The normalized spacial score (nSPS) is 15.5. The van der Waals surface area contributed by atoms with Crippen molar-refractivity contribution in [2.24, 2.45) is 0 Å². The molecule has 2 heterocycles. The second-order valence-electron chi connectivity index (χ2n) is 7.09. The fourth-order valence-electron chi connectivity index (χ4n) is 3.63. The molecule has 0 saturated carbocycles. The third-order valence-electron chi connectivity index (χ3n) is 5.15. The molecule has 0 aliphatic carbocycles. The van der Waals surface area contributed by atoms with Crippen LogP contribution in [0.4, 0.5) is 0 Å². The van der Waals surface area contributed by atoms with E-state index < -0.39 is 10.0 Å². The number of rotatable bonds is 4. The van der Waals surface area contributed by atoms with Crippen molar-refractivity contribution in [3.8, 4) is 0 Å². The van der Waals surface area contributed by atoms with E-state index in [4.69, 9.17) is 0 Å². The van der Waals surface area contributed by atoms with Gasteiger partial charge in [-0.15, -0.1) is 0 Å². The van der Waals surface area contributed by atoms with Crippen molar-refractivity contribution < 1.29 is 13.2 Å². The Bertz CT molecular complexity index is 1200. The first-order valence-corrected chi connectivity index (χ1v) is 10.9. The molecule has 0 spiro atoms. The molecule has 0 radical (unpaired) electrons. The van der Waals surface area contributed by atoms with Crippen LogP contribution in [0.1, 0.15) is 23.2 Å². The van der Waals surface area contributed by atoms with Gasteiger partial charge in [0.15, 0.2) is 0 Å². The van der Waals surface area contributed by atoms with Crippen LogP contribution in [0, 0.1) is 0 Å². The molecule has 2 N–H and O–H groups in total. The number of pyridine rings is 1. The predicted octanol–water partition coefficient (Wildman–Crippen LogP) is 2.11.